The summed E-state index contributed by atoms with van der Waals surface area (Å²) in [6.07, 6.45) is 3.13. The van der Waals surface area contributed by atoms with Crippen LogP contribution in [0.25, 0.3) is 10.9 Å². The van der Waals surface area contributed by atoms with E-state index in [9.17, 15) is 0 Å². The van der Waals surface area contributed by atoms with E-state index >= 15 is 0 Å². The highest BCUT2D eigenvalue weighted by molar-refractivity contribution is 5.86. The summed E-state index contributed by atoms with van der Waals surface area (Å²) in [5.74, 6) is 0.596. The van der Waals surface area contributed by atoms with Gasteiger partial charge in [0.2, 0.25) is 0 Å². The highest BCUT2D eigenvalue weighted by Crippen LogP contribution is 2.27. The van der Waals surface area contributed by atoms with Gasteiger partial charge in [0.1, 0.15) is 0 Å². The van der Waals surface area contributed by atoms with Gasteiger partial charge in [0.25, 0.3) is 0 Å². The Morgan fingerprint density at radius 1 is 1.21 bits per heavy atom. The molecule has 0 bridgehead atoms. The van der Waals surface area contributed by atoms with Gasteiger partial charge in [-0.15, -0.1) is 0 Å². The zero-order valence-electron chi connectivity index (χ0n) is 9.09. The van der Waals surface area contributed by atoms with E-state index in [0.29, 0.717) is 5.92 Å². The van der Waals surface area contributed by atoms with Gasteiger partial charge in [-0.3, -0.25) is 0 Å². The lowest BCUT2D eigenvalue weighted by atomic mass is 9.96. The fourth-order valence-corrected chi connectivity index (χ4v) is 2.04. The molecule has 1 aromatic carbocycles. The van der Waals surface area contributed by atoms with Crippen LogP contribution in [0.4, 0.5) is 0 Å². The van der Waals surface area contributed by atoms with Crippen molar-refractivity contribution in [3.63, 3.8) is 0 Å². The summed E-state index contributed by atoms with van der Waals surface area (Å²) in [4.78, 5) is 3.33. The molecular weight excluding hydrogens is 170 g/mol. The Balaban J connectivity index is 2.72. The Labute approximate surface area is 85.1 Å². The molecule has 1 aromatic heterocycles. The third-order valence-electron chi connectivity index (χ3n) is 2.85. The molecule has 0 spiro atoms. The van der Waals surface area contributed by atoms with E-state index in [2.05, 4.69) is 44.0 Å². The number of fused-ring (bicyclic) bond motifs is 1. The zero-order chi connectivity index (χ0) is 10.1. The molecule has 0 fully saturated rings. The SMILES string of the molecule is CCc1ccc(C(C)C)c2cc[nH]c12. The Morgan fingerprint density at radius 2 is 2.00 bits per heavy atom. The lowest BCUT2D eigenvalue weighted by Gasteiger charge is -2.09. The lowest BCUT2D eigenvalue weighted by molar-refractivity contribution is 0.875. The van der Waals surface area contributed by atoms with Crippen LogP contribution in [0.2, 0.25) is 0 Å². The van der Waals surface area contributed by atoms with Gasteiger partial charge in [-0.25, -0.2) is 0 Å². The number of H-pyrrole nitrogens is 1. The van der Waals surface area contributed by atoms with Gasteiger partial charge in [-0.05, 0) is 29.5 Å². The van der Waals surface area contributed by atoms with Crippen LogP contribution < -0.4 is 0 Å². The van der Waals surface area contributed by atoms with Gasteiger partial charge >= 0.3 is 0 Å². The summed E-state index contributed by atoms with van der Waals surface area (Å²) in [6, 6.07) is 6.69. The van der Waals surface area contributed by atoms with Gasteiger partial charge < -0.3 is 4.98 Å². The van der Waals surface area contributed by atoms with Crippen LogP contribution in [0.5, 0.6) is 0 Å². The van der Waals surface area contributed by atoms with Crippen LogP contribution in [-0.4, -0.2) is 4.98 Å². The molecule has 2 aromatic rings. The van der Waals surface area contributed by atoms with Gasteiger partial charge in [0.15, 0.2) is 0 Å². The third-order valence-corrected chi connectivity index (χ3v) is 2.85. The first kappa shape index (κ1) is 9.32. The number of benzene rings is 1. The Morgan fingerprint density at radius 3 is 2.64 bits per heavy atom. The molecule has 1 heteroatoms. The van der Waals surface area contributed by atoms with Crippen LogP contribution in [0.15, 0.2) is 24.4 Å². The number of aromatic amines is 1. The predicted molar refractivity (Wildman–Crippen MR) is 61.8 cm³/mol. The van der Waals surface area contributed by atoms with Gasteiger partial charge in [0, 0.05) is 17.1 Å². The molecule has 0 radical (unpaired) electrons. The zero-order valence-corrected chi connectivity index (χ0v) is 9.09. The number of aromatic nitrogens is 1. The monoisotopic (exact) mass is 187 g/mol. The lowest BCUT2D eigenvalue weighted by Crippen LogP contribution is -1.91. The number of nitrogens with one attached hydrogen (secondary N) is 1. The molecule has 1 heterocycles. The summed E-state index contributed by atoms with van der Waals surface area (Å²) >= 11 is 0. The van der Waals surface area contributed by atoms with E-state index in [0.717, 1.165) is 6.42 Å². The van der Waals surface area contributed by atoms with Crippen molar-refractivity contribution in [1.29, 1.82) is 0 Å². The molecule has 1 nitrogen and oxygen atoms in total. The van der Waals surface area contributed by atoms with Crippen LogP contribution in [0.3, 0.4) is 0 Å². The molecule has 14 heavy (non-hydrogen) atoms. The van der Waals surface area contributed by atoms with Crippen molar-refractivity contribution in [2.24, 2.45) is 0 Å². The second-order valence-electron chi connectivity index (χ2n) is 4.09. The summed E-state index contributed by atoms with van der Waals surface area (Å²) in [7, 11) is 0. The molecule has 1 N–H and O–H groups in total. The average Bonchev–Trinajstić information content (AvgIpc) is 2.64. The maximum Gasteiger partial charge on any atom is 0.0489 e. The molecule has 0 aliphatic heterocycles. The molecule has 74 valence electrons. The number of aryl methyl sites for hydroxylation is 1. The van der Waals surface area contributed by atoms with E-state index in [-0.39, 0.29) is 0 Å². The summed E-state index contributed by atoms with van der Waals surface area (Å²) in [5.41, 5.74) is 4.17. The Bertz CT molecular complexity index is 437. The fourth-order valence-electron chi connectivity index (χ4n) is 2.04. The van der Waals surface area contributed by atoms with Crippen molar-refractivity contribution in [2.45, 2.75) is 33.1 Å². The number of hydrogen-bond donors (Lipinski definition) is 1. The summed E-state index contributed by atoms with van der Waals surface area (Å²) < 4.78 is 0. The van der Waals surface area contributed by atoms with Gasteiger partial charge in [-0.2, -0.15) is 0 Å². The smallest absolute Gasteiger partial charge is 0.0489 e. The van der Waals surface area contributed by atoms with E-state index in [1.54, 1.807) is 0 Å². The van der Waals surface area contributed by atoms with E-state index < -0.39 is 0 Å². The molecule has 0 saturated heterocycles. The Hall–Kier alpha value is -1.24. The van der Waals surface area contributed by atoms with Crippen LogP contribution in [-0.2, 0) is 6.42 Å². The minimum absolute atomic E-state index is 0.596. The molecule has 0 unspecified atom stereocenters. The van der Waals surface area contributed by atoms with Crippen molar-refractivity contribution in [3.05, 3.63) is 35.5 Å². The molecule has 0 aliphatic carbocycles. The van der Waals surface area contributed by atoms with Crippen molar-refractivity contribution < 1.29 is 0 Å². The van der Waals surface area contributed by atoms with Crippen LogP contribution >= 0.6 is 0 Å². The van der Waals surface area contributed by atoms with Crippen LogP contribution in [0.1, 0.15) is 37.8 Å². The molecule has 0 aliphatic rings. The first-order valence-corrected chi connectivity index (χ1v) is 5.33. The van der Waals surface area contributed by atoms with Crippen LogP contribution in [0, 0.1) is 0 Å². The molecule has 0 atom stereocenters. The van der Waals surface area contributed by atoms with E-state index in [1.807, 2.05) is 6.20 Å². The molecule has 2 rings (SSSR count). The topological polar surface area (TPSA) is 15.8 Å². The summed E-state index contributed by atoms with van der Waals surface area (Å²) in [6.45, 7) is 6.69. The quantitative estimate of drug-likeness (QED) is 0.735. The fraction of sp³-hybridized carbons (Fsp3) is 0.385. The minimum atomic E-state index is 0.596. The maximum atomic E-state index is 3.33. The minimum Gasteiger partial charge on any atom is -0.361 e. The van der Waals surface area contributed by atoms with Crippen molar-refractivity contribution in [2.75, 3.05) is 0 Å². The average molecular weight is 187 g/mol. The maximum absolute atomic E-state index is 3.33. The second-order valence-corrected chi connectivity index (χ2v) is 4.09. The van der Waals surface area contributed by atoms with Gasteiger partial charge in [0.05, 0.1) is 0 Å². The summed E-state index contributed by atoms with van der Waals surface area (Å²) in [5, 5.41) is 1.39. The first-order valence-electron chi connectivity index (χ1n) is 5.33. The second kappa shape index (κ2) is 3.49. The normalized spacial score (nSPS) is 11.4. The first-order chi connectivity index (χ1) is 6.74. The van der Waals surface area contributed by atoms with Crippen molar-refractivity contribution >= 4 is 10.9 Å². The molecule has 0 saturated carbocycles. The van der Waals surface area contributed by atoms with Crippen molar-refractivity contribution in [1.82, 2.24) is 4.98 Å². The molecular formula is C13H17N. The van der Waals surface area contributed by atoms with E-state index in [1.165, 1.54) is 22.0 Å². The third kappa shape index (κ3) is 1.33. The highest BCUT2D eigenvalue weighted by Gasteiger charge is 2.07. The standard InChI is InChI=1S/C13H17N/c1-4-10-5-6-11(9(2)3)12-7-8-14-13(10)12/h5-9,14H,4H2,1-3H3. The largest absolute Gasteiger partial charge is 0.361 e. The number of rotatable bonds is 2. The van der Waals surface area contributed by atoms with E-state index in [4.69, 9.17) is 0 Å². The van der Waals surface area contributed by atoms with Crippen molar-refractivity contribution in [3.8, 4) is 0 Å². The Kier molecular flexibility index (Phi) is 2.32. The number of hydrogen-bond acceptors (Lipinski definition) is 0. The predicted octanol–water partition coefficient (Wildman–Crippen LogP) is 3.85. The van der Waals surface area contributed by atoms with Gasteiger partial charge in [-0.1, -0.05) is 32.9 Å². The highest BCUT2D eigenvalue weighted by atomic mass is 14.7. The molecule has 0 amide bonds.